The molecule has 3 aromatic rings. The summed E-state index contributed by atoms with van der Waals surface area (Å²) in [5, 5.41) is 7.33. The van der Waals surface area contributed by atoms with Crippen LogP contribution in [0.5, 0.6) is 0 Å². The van der Waals surface area contributed by atoms with Crippen molar-refractivity contribution in [1.29, 1.82) is 0 Å². The third kappa shape index (κ3) is 9.11. The summed E-state index contributed by atoms with van der Waals surface area (Å²) in [7, 11) is 0. The highest BCUT2D eigenvalue weighted by molar-refractivity contribution is 5.92. The Hall–Kier alpha value is -4.44. The molecule has 0 saturated carbocycles. The maximum absolute atomic E-state index is 13.3. The fourth-order valence-electron chi connectivity index (χ4n) is 4.17. The minimum atomic E-state index is -1.01. The van der Waals surface area contributed by atoms with Crippen LogP contribution in [0.25, 0.3) is 10.8 Å². The van der Waals surface area contributed by atoms with E-state index in [0.717, 1.165) is 21.9 Å². The molecule has 3 aromatic carbocycles. The molecule has 0 aliphatic heterocycles. The van der Waals surface area contributed by atoms with Crippen LogP contribution in [0.1, 0.15) is 37.3 Å². The van der Waals surface area contributed by atoms with E-state index in [9.17, 15) is 19.2 Å². The van der Waals surface area contributed by atoms with Crippen LogP contribution in [-0.2, 0) is 27.2 Å². The van der Waals surface area contributed by atoms with E-state index in [1.807, 2.05) is 79.7 Å². The normalized spacial score (nSPS) is 13.1. The van der Waals surface area contributed by atoms with Crippen LogP contribution < -0.4 is 33.0 Å². The Labute approximate surface area is 227 Å². The van der Waals surface area contributed by atoms with Crippen molar-refractivity contribution in [2.75, 3.05) is 0 Å². The Balaban J connectivity index is 1.68. The smallest absolute Gasteiger partial charge is 0.334 e. The first-order valence-corrected chi connectivity index (χ1v) is 13.0. The summed E-state index contributed by atoms with van der Waals surface area (Å²) < 4.78 is 0. The SMILES string of the molecule is CCC[C@H](N)C(=O)NNC(=O)N[C@@H](CCc1ccccc1)C(=O)N[C@@H](Cc1ccc2ccccc2c1)C(N)=O. The Morgan fingerprint density at radius 3 is 2.13 bits per heavy atom. The number of benzene rings is 3. The molecule has 8 N–H and O–H groups in total. The molecule has 206 valence electrons. The van der Waals surface area contributed by atoms with Crippen LogP contribution in [0.15, 0.2) is 72.8 Å². The first kappa shape index (κ1) is 29.1. The zero-order valence-electron chi connectivity index (χ0n) is 22.0. The maximum Gasteiger partial charge on any atom is 0.334 e. The van der Waals surface area contributed by atoms with E-state index in [1.165, 1.54) is 0 Å². The van der Waals surface area contributed by atoms with Crippen molar-refractivity contribution in [2.24, 2.45) is 11.5 Å². The first-order valence-electron chi connectivity index (χ1n) is 13.0. The van der Waals surface area contributed by atoms with Crippen molar-refractivity contribution in [3.05, 3.63) is 83.9 Å². The third-order valence-corrected chi connectivity index (χ3v) is 6.34. The van der Waals surface area contributed by atoms with Crippen molar-refractivity contribution in [2.45, 2.75) is 57.2 Å². The number of hydrazine groups is 1. The van der Waals surface area contributed by atoms with Crippen LogP contribution in [0, 0.1) is 0 Å². The fraction of sp³-hybridized carbons (Fsp3) is 0.310. The predicted octanol–water partition coefficient (Wildman–Crippen LogP) is 1.81. The lowest BCUT2D eigenvalue weighted by molar-refractivity contribution is -0.128. The van der Waals surface area contributed by atoms with Gasteiger partial charge in [-0.25, -0.2) is 10.2 Å². The third-order valence-electron chi connectivity index (χ3n) is 6.34. The standard InChI is InChI=1S/C29H36N6O4/c1-2-8-23(30)27(37)34-35-29(39)33-24(16-14-19-9-4-3-5-10-19)28(38)32-25(26(31)36)18-20-13-15-21-11-6-7-12-22(21)17-20/h3-7,9-13,15,17,23-25H,2,8,14,16,18,30H2,1H3,(H2,31,36)(H,32,38)(H,34,37)(H2,33,35,39)/t23-,24-,25-/m0/s1. The number of urea groups is 1. The van der Waals surface area contributed by atoms with Crippen molar-refractivity contribution in [3.63, 3.8) is 0 Å². The second kappa shape index (κ2) is 14.5. The molecule has 10 nitrogen and oxygen atoms in total. The van der Waals surface area contributed by atoms with E-state index in [1.54, 1.807) is 0 Å². The second-order valence-corrected chi connectivity index (χ2v) is 9.41. The first-order chi connectivity index (χ1) is 18.8. The highest BCUT2D eigenvalue weighted by Crippen LogP contribution is 2.17. The molecule has 0 radical (unpaired) electrons. The number of hydrogen-bond donors (Lipinski definition) is 6. The summed E-state index contributed by atoms with van der Waals surface area (Å²) in [6.07, 6.45) is 2.09. The summed E-state index contributed by atoms with van der Waals surface area (Å²) in [5.74, 6) is -1.80. The molecule has 0 aliphatic rings. The average molecular weight is 533 g/mol. The van der Waals surface area contributed by atoms with Crippen molar-refractivity contribution < 1.29 is 19.2 Å². The lowest BCUT2D eigenvalue weighted by Crippen LogP contribution is -2.58. The molecule has 0 fully saturated rings. The minimum absolute atomic E-state index is 0.189. The van der Waals surface area contributed by atoms with Gasteiger partial charge in [-0.2, -0.15) is 0 Å². The number of amides is 5. The van der Waals surface area contributed by atoms with Gasteiger partial charge in [-0.1, -0.05) is 86.1 Å². The molecular weight excluding hydrogens is 496 g/mol. The van der Waals surface area contributed by atoms with Gasteiger partial charge in [0, 0.05) is 6.42 Å². The molecule has 3 rings (SSSR count). The van der Waals surface area contributed by atoms with Gasteiger partial charge in [-0.05, 0) is 41.2 Å². The number of primary amides is 1. The number of carbonyl (C=O) groups is 4. The quantitative estimate of drug-likeness (QED) is 0.195. The van der Waals surface area contributed by atoms with Gasteiger partial charge in [0.25, 0.3) is 5.91 Å². The second-order valence-electron chi connectivity index (χ2n) is 9.41. The lowest BCUT2D eigenvalue weighted by Gasteiger charge is -2.23. The minimum Gasteiger partial charge on any atom is -0.368 e. The maximum atomic E-state index is 13.3. The van der Waals surface area contributed by atoms with Crippen LogP contribution in [-0.4, -0.2) is 41.9 Å². The average Bonchev–Trinajstić information content (AvgIpc) is 2.94. The number of nitrogens with two attached hydrogens (primary N) is 2. The van der Waals surface area contributed by atoms with Gasteiger partial charge in [0.05, 0.1) is 6.04 Å². The molecular formula is C29H36N6O4. The molecule has 0 saturated heterocycles. The van der Waals surface area contributed by atoms with Crippen molar-refractivity contribution >= 4 is 34.5 Å². The Morgan fingerprint density at radius 2 is 1.44 bits per heavy atom. The number of fused-ring (bicyclic) bond motifs is 1. The Morgan fingerprint density at radius 1 is 0.744 bits per heavy atom. The van der Waals surface area contributed by atoms with E-state index >= 15 is 0 Å². The van der Waals surface area contributed by atoms with E-state index in [0.29, 0.717) is 19.3 Å². The van der Waals surface area contributed by atoms with Crippen LogP contribution in [0.2, 0.25) is 0 Å². The molecule has 5 amide bonds. The van der Waals surface area contributed by atoms with Crippen LogP contribution >= 0.6 is 0 Å². The van der Waals surface area contributed by atoms with Crippen molar-refractivity contribution in [1.82, 2.24) is 21.5 Å². The highest BCUT2D eigenvalue weighted by atomic mass is 16.2. The monoisotopic (exact) mass is 532 g/mol. The summed E-state index contributed by atoms with van der Waals surface area (Å²) in [4.78, 5) is 50.1. The molecule has 0 heterocycles. The van der Waals surface area contributed by atoms with E-state index in [4.69, 9.17) is 11.5 Å². The van der Waals surface area contributed by atoms with Gasteiger partial charge in [-0.3, -0.25) is 19.8 Å². The molecule has 0 aromatic heterocycles. The van der Waals surface area contributed by atoms with Gasteiger partial charge in [0.2, 0.25) is 11.8 Å². The number of hydrogen-bond acceptors (Lipinski definition) is 5. The number of aryl methyl sites for hydroxylation is 1. The zero-order chi connectivity index (χ0) is 28.2. The van der Waals surface area contributed by atoms with Crippen LogP contribution in [0.4, 0.5) is 4.79 Å². The van der Waals surface area contributed by atoms with Gasteiger partial charge in [0.1, 0.15) is 12.1 Å². The van der Waals surface area contributed by atoms with Crippen molar-refractivity contribution in [3.8, 4) is 0 Å². The van der Waals surface area contributed by atoms with E-state index in [2.05, 4.69) is 21.5 Å². The molecule has 0 aliphatic carbocycles. The molecule has 10 heteroatoms. The Bertz CT molecular complexity index is 1280. The number of rotatable bonds is 12. The molecule has 3 atom stereocenters. The molecule has 0 unspecified atom stereocenters. The van der Waals surface area contributed by atoms with E-state index in [-0.39, 0.29) is 12.8 Å². The zero-order valence-corrected chi connectivity index (χ0v) is 22.0. The largest absolute Gasteiger partial charge is 0.368 e. The fourth-order valence-corrected chi connectivity index (χ4v) is 4.17. The molecule has 0 bridgehead atoms. The summed E-state index contributed by atoms with van der Waals surface area (Å²) >= 11 is 0. The van der Waals surface area contributed by atoms with Gasteiger partial charge in [-0.15, -0.1) is 0 Å². The number of nitrogens with one attached hydrogen (secondary N) is 4. The summed E-state index contributed by atoms with van der Waals surface area (Å²) in [6.45, 7) is 1.89. The Kier molecular flexibility index (Phi) is 10.8. The van der Waals surface area contributed by atoms with Crippen LogP contribution in [0.3, 0.4) is 0 Å². The van der Waals surface area contributed by atoms with E-state index < -0.39 is 41.9 Å². The topological polar surface area (TPSA) is 168 Å². The van der Waals surface area contributed by atoms with Gasteiger partial charge >= 0.3 is 6.03 Å². The lowest BCUT2D eigenvalue weighted by atomic mass is 10.0. The summed E-state index contributed by atoms with van der Waals surface area (Å²) in [5.41, 5.74) is 17.7. The highest BCUT2D eigenvalue weighted by Gasteiger charge is 2.26. The number of carbonyl (C=O) groups excluding carboxylic acids is 4. The predicted molar refractivity (Wildman–Crippen MR) is 150 cm³/mol. The molecule has 0 spiro atoms. The molecule has 39 heavy (non-hydrogen) atoms. The summed E-state index contributed by atoms with van der Waals surface area (Å²) in [6, 6.07) is 19.5. The van der Waals surface area contributed by atoms with Gasteiger partial charge in [0.15, 0.2) is 0 Å². The van der Waals surface area contributed by atoms with Gasteiger partial charge < -0.3 is 22.1 Å².